The summed E-state index contributed by atoms with van der Waals surface area (Å²) in [4.78, 5) is 19.4. The van der Waals surface area contributed by atoms with Crippen LogP contribution in [0, 0.1) is 0 Å². The van der Waals surface area contributed by atoms with Crippen molar-refractivity contribution in [2.45, 2.75) is 13.0 Å². The first-order valence-corrected chi connectivity index (χ1v) is 11.8. The average molecular weight is 497 g/mol. The van der Waals surface area contributed by atoms with Gasteiger partial charge < -0.3 is 10.1 Å². The third-order valence-corrected chi connectivity index (χ3v) is 6.63. The fourth-order valence-corrected chi connectivity index (χ4v) is 5.04. The van der Waals surface area contributed by atoms with Crippen molar-refractivity contribution in [2.24, 2.45) is 0 Å². The normalized spacial score (nSPS) is 14.5. The Hall–Kier alpha value is -1.67. The first-order chi connectivity index (χ1) is 15.0. The minimum absolute atomic E-state index is 0.126. The highest BCUT2D eigenvalue weighted by Gasteiger charge is 2.14. The number of hydrogen-bond donors (Lipinski definition) is 1. The molecule has 1 aliphatic rings. The predicted molar refractivity (Wildman–Crippen MR) is 127 cm³/mol. The highest BCUT2D eigenvalue weighted by molar-refractivity contribution is 7.13. The van der Waals surface area contributed by atoms with Gasteiger partial charge in [0.05, 0.1) is 41.1 Å². The molecule has 0 bridgehead atoms. The molecular weight excluding hydrogens is 477 g/mol. The molecule has 0 aliphatic carbocycles. The first kappa shape index (κ1) is 22.5. The van der Waals surface area contributed by atoms with E-state index in [0.29, 0.717) is 26.4 Å². The van der Waals surface area contributed by atoms with Gasteiger partial charge in [-0.15, -0.1) is 11.3 Å². The highest BCUT2D eigenvalue weighted by atomic mass is 35.5. The zero-order valence-corrected chi connectivity index (χ0v) is 19.6. The second kappa shape index (κ2) is 10.3. The van der Waals surface area contributed by atoms with Crippen molar-refractivity contribution in [1.82, 2.24) is 9.88 Å². The van der Waals surface area contributed by atoms with Crippen LogP contribution in [0.25, 0.3) is 10.6 Å². The molecule has 0 spiro atoms. The van der Waals surface area contributed by atoms with Crippen LogP contribution in [0.2, 0.25) is 15.1 Å². The smallest absolute Gasteiger partial charge is 0.230 e. The van der Waals surface area contributed by atoms with Crippen LogP contribution >= 0.6 is 46.1 Å². The average Bonchev–Trinajstić information content (AvgIpc) is 3.20. The van der Waals surface area contributed by atoms with Crippen LogP contribution in [0.15, 0.2) is 41.8 Å². The standard InChI is InChI=1S/C22H20Cl3N3O2S/c23-16-9-18(24)21(19(25)10-16)27-20(29)11-17-13-31-22(26-17)15-3-1-14(2-4-15)12-28-5-7-30-8-6-28/h1-4,9-10,13H,5-8,11-12H2,(H,27,29). The Balaban J connectivity index is 1.37. The second-order valence-electron chi connectivity index (χ2n) is 7.20. The number of rotatable bonds is 6. The number of anilines is 1. The van der Waals surface area contributed by atoms with Gasteiger partial charge in [0.25, 0.3) is 0 Å². The third kappa shape index (κ3) is 5.98. The summed E-state index contributed by atoms with van der Waals surface area (Å²) in [5.41, 5.74) is 3.34. The summed E-state index contributed by atoms with van der Waals surface area (Å²) in [5.74, 6) is -0.246. The fraction of sp³-hybridized carbons (Fsp3) is 0.273. The zero-order valence-electron chi connectivity index (χ0n) is 16.5. The van der Waals surface area contributed by atoms with Gasteiger partial charge >= 0.3 is 0 Å². The van der Waals surface area contributed by atoms with Gasteiger partial charge in [-0.05, 0) is 17.7 Å². The lowest BCUT2D eigenvalue weighted by atomic mass is 10.1. The summed E-state index contributed by atoms with van der Waals surface area (Å²) in [5, 5.41) is 6.50. The molecule has 1 amide bonds. The molecule has 3 aromatic rings. The maximum Gasteiger partial charge on any atom is 0.230 e. The highest BCUT2D eigenvalue weighted by Crippen LogP contribution is 2.34. The summed E-state index contributed by atoms with van der Waals surface area (Å²) in [6, 6.07) is 11.5. The molecule has 1 saturated heterocycles. The van der Waals surface area contributed by atoms with Crippen LogP contribution in [0.3, 0.4) is 0 Å². The van der Waals surface area contributed by atoms with E-state index in [1.165, 1.54) is 29.0 Å². The molecule has 1 N–H and O–H groups in total. The zero-order chi connectivity index (χ0) is 21.8. The van der Waals surface area contributed by atoms with Crippen molar-refractivity contribution >= 4 is 57.7 Å². The van der Waals surface area contributed by atoms with Crippen LogP contribution in [0.4, 0.5) is 5.69 Å². The van der Waals surface area contributed by atoms with E-state index in [0.717, 1.165) is 43.4 Å². The van der Waals surface area contributed by atoms with Crippen molar-refractivity contribution in [3.63, 3.8) is 0 Å². The Labute approximate surface area is 199 Å². The topological polar surface area (TPSA) is 54.5 Å². The summed E-state index contributed by atoms with van der Waals surface area (Å²) >= 11 is 19.7. The summed E-state index contributed by atoms with van der Waals surface area (Å²) in [6.45, 7) is 4.44. The molecule has 0 saturated carbocycles. The predicted octanol–water partition coefficient (Wildman–Crippen LogP) is 5.78. The van der Waals surface area contributed by atoms with E-state index in [-0.39, 0.29) is 12.3 Å². The number of thiazole rings is 1. The fourth-order valence-electron chi connectivity index (χ4n) is 3.30. The van der Waals surface area contributed by atoms with Gasteiger partial charge in [-0.1, -0.05) is 59.1 Å². The molecule has 162 valence electrons. The number of benzene rings is 2. The van der Waals surface area contributed by atoms with Crippen molar-refractivity contribution in [1.29, 1.82) is 0 Å². The molecule has 0 atom stereocenters. The molecule has 0 unspecified atom stereocenters. The molecule has 2 aromatic carbocycles. The van der Waals surface area contributed by atoms with Gasteiger partial charge in [-0.2, -0.15) is 0 Å². The maximum atomic E-state index is 12.4. The van der Waals surface area contributed by atoms with Crippen LogP contribution < -0.4 is 5.32 Å². The maximum absolute atomic E-state index is 12.4. The van der Waals surface area contributed by atoms with Gasteiger partial charge in [0, 0.05) is 35.6 Å². The van der Waals surface area contributed by atoms with Gasteiger partial charge in [0.1, 0.15) is 5.01 Å². The molecule has 5 nitrogen and oxygen atoms in total. The number of aromatic nitrogens is 1. The number of ether oxygens (including phenoxy) is 1. The largest absolute Gasteiger partial charge is 0.379 e. The van der Waals surface area contributed by atoms with Gasteiger partial charge in [-0.25, -0.2) is 4.98 Å². The molecule has 31 heavy (non-hydrogen) atoms. The number of carbonyl (C=O) groups excluding carboxylic acids is 1. The van der Waals surface area contributed by atoms with E-state index in [9.17, 15) is 4.79 Å². The van der Waals surface area contributed by atoms with E-state index in [2.05, 4.69) is 39.5 Å². The number of halogens is 3. The van der Waals surface area contributed by atoms with Crippen molar-refractivity contribution < 1.29 is 9.53 Å². The first-order valence-electron chi connectivity index (χ1n) is 9.76. The molecular formula is C22H20Cl3N3O2S. The van der Waals surface area contributed by atoms with Crippen LogP contribution in [0.5, 0.6) is 0 Å². The summed E-state index contributed by atoms with van der Waals surface area (Å²) in [6.07, 6.45) is 0.126. The molecule has 1 aliphatic heterocycles. The monoisotopic (exact) mass is 495 g/mol. The van der Waals surface area contributed by atoms with Gasteiger partial charge in [0.2, 0.25) is 5.91 Å². The lowest BCUT2D eigenvalue weighted by Gasteiger charge is -2.26. The van der Waals surface area contributed by atoms with E-state index in [4.69, 9.17) is 39.5 Å². The lowest BCUT2D eigenvalue weighted by Crippen LogP contribution is -2.35. The van der Waals surface area contributed by atoms with Gasteiger partial charge in [0.15, 0.2) is 0 Å². The van der Waals surface area contributed by atoms with E-state index in [1.807, 2.05) is 5.38 Å². The molecule has 4 rings (SSSR count). The molecule has 1 aromatic heterocycles. The van der Waals surface area contributed by atoms with Crippen molar-refractivity contribution in [3.05, 3.63) is 68.1 Å². The minimum Gasteiger partial charge on any atom is -0.379 e. The van der Waals surface area contributed by atoms with Crippen LogP contribution in [-0.4, -0.2) is 42.1 Å². The minimum atomic E-state index is -0.246. The Morgan fingerprint density at radius 1 is 1.10 bits per heavy atom. The number of carbonyl (C=O) groups is 1. The van der Waals surface area contributed by atoms with Crippen LogP contribution in [-0.2, 0) is 22.5 Å². The number of hydrogen-bond acceptors (Lipinski definition) is 5. The Kier molecular flexibility index (Phi) is 7.48. The van der Waals surface area contributed by atoms with E-state index < -0.39 is 0 Å². The van der Waals surface area contributed by atoms with E-state index in [1.54, 1.807) is 0 Å². The number of nitrogens with one attached hydrogen (secondary N) is 1. The van der Waals surface area contributed by atoms with Gasteiger partial charge in [-0.3, -0.25) is 9.69 Å². The number of morpholine rings is 1. The lowest BCUT2D eigenvalue weighted by molar-refractivity contribution is -0.115. The molecule has 2 heterocycles. The number of amides is 1. The Morgan fingerprint density at radius 3 is 2.45 bits per heavy atom. The van der Waals surface area contributed by atoms with Crippen LogP contribution in [0.1, 0.15) is 11.3 Å². The Bertz CT molecular complexity index is 1040. The second-order valence-corrected chi connectivity index (χ2v) is 9.31. The third-order valence-electron chi connectivity index (χ3n) is 4.88. The molecule has 1 fully saturated rings. The summed E-state index contributed by atoms with van der Waals surface area (Å²) in [7, 11) is 0. The van der Waals surface area contributed by atoms with Crippen molar-refractivity contribution in [2.75, 3.05) is 31.6 Å². The Morgan fingerprint density at radius 2 is 1.77 bits per heavy atom. The quantitative estimate of drug-likeness (QED) is 0.470. The van der Waals surface area contributed by atoms with Crippen molar-refractivity contribution in [3.8, 4) is 10.6 Å². The van der Waals surface area contributed by atoms with E-state index >= 15 is 0 Å². The summed E-state index contributed by atoms with van der Waals surface area (Å²) < 4.78 is 5.40. The molecule has 9 heteroatoms. The number of nitrogens with zero attached hydrogens (tertiary/aromatic N) is 2. The molecule has 0 radical (unpaired) electrons. The SMILES string of the molecule is O=C(Cc1csc(-c2ccc(CN3CCOCC3)cc2)n1)Nc1c(Cl)cc(Cl)cc1Cl.